The molecule has 0 aliphatic rings. The molecule has 2 amide bonds. The fraction of sp³-hybridized carbons (Fsp3) is 0.0400. The molecule has 0 bridgehead atoms. The van der Waals surface area contributed by atoms with Crippen molar-refractivity contribution < 1.29 is 14.0 Å². The molecular weight excluding hydrogens is 379 g/mol. The first-order valence-electron chi connectivity index (χ1n) is 9.43. The van der Waals surface area contributed by atoms with Gasteiger partial charge in [-0.1, -0.05) is 78.9 Å². The summed E-state index contributed by atoms with van der Waals surface area (Å²) in [5.74, 6) is -1.44. The molecule has 3 aromatic carbocycles. The van der Waals surface area contributed by atoms with Crippen molar-refractivity contribution >= 4 is 24.0 Å². The lowest BCUT2D eigenvalue weighted by molar-refractivity contribution is -0.119. The zero-order valence-corrected chi connectivity index (χ0v) is 16.2. The molecule has 0 saturated heterocycles. The highest BCUT2D eigenvalue weighted by Crippen LogP contribution is 2.15. The topological polar surface area (TPSA) is 58.2 Å². The Kier molecular flexibility index (Phi) is 7.28. The Morgan fingerprint density at radius 3 is 1.57 bits per heavy atom. The summed E-state index contributed by atoms with van der Waals surface area (Å²) in [5.41, 5.74) is 1.87. The maximum absolute atomic E-state index is 14.3. The van der Waals surface area contributed by atoms with Crippen LogP contribution < -0.4 is 10.6 Å². The molecule has 0 spiro atoms. The van der Waals surface area contributed by atoms with Crippen LogP contribution >= 0.6 is 0 Å². The molecule has 0 unspecified atom stereocenters. The van der Waals surface area contributed by atoms with Gasteiger partial charge in [0.15, 0.2) is 0 Å². The zero-order valence-electron chi connectivity index (χ0n) is 16.2. The monoisotopic (exact) mass is 400 g/mol. The Morgan fingerprint density at radius 2 is 1.10 bits per heavy atom. The largest absolute Gasteiger partial charge is 0.328 e. The van der Waals surface area contributed by atoms with Crippen LogP contribution in [0.15, 0.2) is 97.1 Å². The van der Waals surface area contributed by atoms with Gasteiger partial charge >= 0.3 is 0 Å². The minimum absolute atomic E-state index is 0.167. The van der Waals surface area contributed by atoms with Crippen molar-refractivity contribution in [3.8, 4) is 0 Å². The smallest absolute Gasteiger partial charge is 0.245 e. The van der Waals surface area contributed by atoms with E-state index in [-0.39, 0.29) is 5.56 Å². The second kappa shape index (κ2) is 10.5. The molecule has 0 atom stereocenters. The molecule has 4 nitrogen and oxygen atoms in total. The molecule has 0 saturated carbocycles. The van der Waals surface area contributed by atoms with Crippen LogP contribution in [0.1, 0.15) is 22.9 Å². The molecule has 0 aromatic heterocycles. The second-order valence-corrected chi connectivity index (χ2v) is 6.46. The Hall–Kier alpha value is -3.99. The van der Waals surface area contributed by atoms with Gasteiger partial charge in [-0.15, -0.1) is 0 Å². The van der Waals surface area contributed by atoms with Gasteiger partial charge in [-0.25, -0.2) is 4.39 Å². The SMILES string of the molecule is O=C(/C=C/c1ccccc1)NC(NC(=O)/C=C/c1ccccc1)c1ccccc1F. The van der Waals surface area contributed by atoms with E-state index < -0.39 is 23.8 Å². The fourth-order valence-corrected chi connectivity index (χ4v) is 2.75. The first-order valence-corrected chi connectivity index (χ1v) is 9.43. The number of hydrogen-bond acceptors (Lipinski definition) is 2. The summed E-state index contributed by atoms with van der Waals surface area (Å²) in [6, 6.07) is 24.6. The normalized spacial score (nSPS) is 11.1. The quantitative estimate of drug-likeness (QED) is 0.454. The van der Waals surface area contributed by atoms with E-state index >= 15 is 0 Å². The molecule has 150 valence electrons. The van der Waals surface area contributed by atoms with E-state index in [4.69, 9.17) is 0 Å². The van der Waals surface area contributed by atoms with Crippen LogP contribution in [0.3, 0.4) is 0 Å². The van der Waals surface area contributed by atoms with E-state index in [1.165, 1.54) is 24.3 Å². The molecule has 0 aliphatic carbocycles. The summed E-state index contributed by atoms with van der Waals surface area (Å²) in [4.78, 5) is 24.8. The molecular formula is C25H21FN2O2. The van der Waals surface area contributed by atoms with Gasteiger partial charge in [0.1, 0.15) is 12.0 Å². The molecule has 0 fully saturated rings. The van der Waals surface area contributed by atoms with Crippen LogP contribution in [0.4, 0.5) is 4.39 Å². The first kappa shape index (κ1) is 20.7. The van der Waals surface area contributed by atoms with Gasteiger partial charge < -0.3 is 10.6 Å². The van der Waals surface area contributed by atoms with Crippen molar-refractivity contribution in [2.75, 3.05) is 0 Å². The molecule has 3 aromatic rings. The Bertz CT molecular complexity index is 984. The van der Waals surface area contributed by atoms with E-state index in [9.17, 15) is 14.0 Å². The average molecular weight is 400 g/mol. The Labute approximate surface area is 174 Å². The third-order valence-corrected chi connectivity index (χ3v) is 4.24. The zero-order chi connectivity index (χ0) is 21.2. The van der Waals surface area contributed by atoms with E-state index in [1.54, 1.807) is 24.3 Å². The van der Waals surface area contributed by atoms with Gasteiger partial charge in [0, 0.05) is 17.7 Å². The summed E-state index contributed by atoms with van der Waals surface area (Å²) in [7, 11) is 0. The predicted molar refractivity (Wildman–Crippen MR) is 116 cm³/mol. The predicted octanol–water partition coefficient (Wildman–Crippen LogP) is 4.48. The molecule has 5 heteroatoms. The number of hydrogen-bond donors (Lipinski definition) is 2. The number of amides is 2. The summed E-state index contributed by atoms with van der Waals surface area (Å²) in [6.07, 6.45) is 4.95. The van der Waals surface area contributed by atoms with Crippen LogP contribution in [0.25, 0.3) is 12.2 Å². The van der Waals surface area contributed by atoms with Crippen LogP contribution in [0.5, 0.6) is 0 Å². The summed E-state index contributed by atoms with van der Waals surface area (Å²) in [6.45, 7) is 0. The van der Waals surface area contributed by atoms with Crippen molar-refractivity contribution in [1.82, 2.24) is 10.6 Å². The number of halogens is 1. The molecule has 30 heavy (non-hydrogen) atoms. The lowest BCUT2D eigenvalue weighted by Crippen LogP contribution is -2.40. The number of carbonyl (C=O) groups excluding carboxylic acids is 2. The molecule has 3 rings (SSSR count). The highest BCUT2D eigenvalue weighted by molar-refractivity contribution is 5.94. The van der Waals surface area contributed by atoms with Gasteiger partial charge in [0.25, 0.3) is 0 Å². The minimum atomic E-state index is -1.02. The lowest BCUT2D eigenvalue weighted by atomic mass is 10.1. The lowest BCUT2D eigenvalue weighted by Gasteiger charge is -2.19. The van der Waals surface area contributed by atoms with Gasteiger partial charge in [0.2, 0.25) is 11.8 Å². The maximum atomic E-state index is 14.3. The highest BCUT2D eigenvalue weighted by atomic mass is 19.1. The number of rotatable bonds is 7. The van der Waals surface area contributed by atoms with Crippen molar-refractivity contribution in [3.05, 3.63) is 120 Å². The van der Waals surface area contributed by atoms with Crippen LogP contribution in [0.2, 0.25) is 0 Å². The summed E-state index contributed by atoms with van der Waals surface area (Å²) < 4.78 is 14.3. The van der Waals surface area contributed by atoms with Crippen molar-refractivity contribution in [2.45, 2.75) is 6.17 Å². The fourth-order valence-electron chi connectivity index (χ4n) is 2.75. The number of carbonyl (C=O) groups is 2. The highest BCUT2D eigenvalue weighted by Gasteiger charge is 2.18. The van der Waals surface area contributed by atoms with Gasteiger partial charge in [-0.2, -0.15) is 0 Å². The minimum Gasteiger partial charge on any atom is -0.328 e. The summed E-state index contributed by atoms with van der Waals surface area (Å²) in [5, 5.41) is 5.28. The van der Waals surface area contributed by atoms with Crippen LogP contribution in [-0.4, -0.2) is 11.8 Å². The van der Waals surface area contributed by atoms with Crippen LogP contribution in [0, 0.1) is 5.82 Å². The van der Waals surface area contributed by atoms with E-state index in [0.717, 1.165) is 11.1 Å². The van der Waals surface area contributed by atoms with E-state index in [2.05, 4.69) is 10.6 Å². The second-order valence-electron chi connectivity index (χ2n) is 6.46. The standard InChI is InChI=1S/C25H21FN2O2/c26-22-14-8-7-13-21(22)25(27-23(29)17-15-19-9-3-1-4-10-19)28-24(30)18-16-20-11-5-2-6-12-20/h1-18,25H,(H,27,29)(H,28,30)/b17-15+,18-16+. The van der Waals surface area contributed by atoms with Gasteiger partial charge in [-0.05, 0) is 29.3 Å². The molecule has 0 heterocycles. The average Bonchev–Trinajstić information content (AvgIpc) is 2.78. The van der Waals surface area contributed by atoms with Crippen molar-refractivity contribution in [1.29, 1.82) is 0 Å². The Morgan fingerprint density at radius 1 is 0.667 bits per heavy atom. The van der Waals surface area contributed by atoms with Crippen LogP contribution in [-0.2, 0) is 9.59 Å². The number of benzene rings is 3. The van der Waals surface area contributed by atoms with Crippen molar-refractivity contribution in [3.63, 3.8) is 0 Å². The van der Waals surface area contributed by atoms with E-state index in [0.29, 0.717) is 0 Å². The number of nitrogens with one attached hydrogen (secondary N) is 2. The maximum Gasteiger partial charge on any atom is 0.245 e. The van der Waals surface area contributed by atoms with Crippen molar-refractivity contribution in [2.24, 2.45) is 0 Å². The third kappa shape index (κ3) is 6.27. The van der Waals surface area contributed by atoms with Gasteiger partial charge in [0.05, 0.1) is 0 Å². The molecule has 0 aliphatic heterocycles. The van der Waals surface area contributed by atoms with E-state index in [1.807, 2.05) is 60.7 Å². The Balaban J connectivity index is 1.73. The third-order valence-electron chi connectivity index (χ3n) is 4.24. The molecule has 0 radical (unpaired) electrons. The van der Waals surface area contributed by atoms with Gasteiger partial charge in [-0.3, -0.25) is 9.59 Å². The summed E-state index contributed by atoms with van der Waals surface area (Å²) >= 11 is 0. The molecule has 2 N–H and O–H groups in total. The first-order chi connectivity index (χ1) is 14.6.